The van der Waals surface area contributed by atoms with Crippen LogP contribution in [-0.2, 0) is 0 Å². The van der Waals surface area contributed by atoms with Crippen molar-refractivity contribution < 1.29 is 5.11 Å². The molecule has 2 atom stereocenters. The molecule has 0 aliphatic rings. The van der Waals surface area contributed by atoms with Crippen molar-refractivity contribution in [3.8, 4) is 0 Å². The third-order valence-corrected chi connectivity index (χ3v) is 2.60. The summed E-state index contributed by atoms with van der Waals surface area (Å²) in [7, 11) is 0. The molecule has 0 saturated heterocycles. The molecule has 15 heavy (non-hydrogen) atoms. The maximum Gasteiger partial charge on any atom is 0.252 e. The lowest BCUT2D eigenvalue weighted by atomic mass is 10.0. The van der Waals surface area contributed by atoms with E-state index in [4.69, 9.17) is 0 Å². The summed E-state index contributed by atoms with van der Waals surface area (Å²) < 4.78 is 1.67. The van der Waals surface area contributed by atoms with Crippen LogP contribution in [-0.4, -0.2) is 30.8 Å². The van der Waals surface area contributed by atoms with Crippen LogP contribution in [0.4, 0.5) is 0 Å². The lowest BCUT2D eigenvalue weighted by molar-refractivity contribution is 0.166. The van der Waals surface area contributed by atoms with Crippen LogP contribution < -0.4 is 0 Å². The minimum Gasteiger partial charge on any atom is -0.393 e. The molecule has 0 spiro atoms. The first-order valence-corrected chi connectivity index (χ1v) is 4.95. The molecule has 0 aliphatic heterocycles. The van der Waals surface area contributed by atoms with E-state index in [0.29, 0.717) is 5.78 Å². The van der Waals surface area contributed by atoms with Crippen LogP contribution >= 0.6 is 0 Å². The maximum atomic E-state index is 9.58. The van der Waals surface area contributed by atoms with E-state index < -0.39 is 6.10 Å². The molecule has 2 unspecified atom stereocenters. The second-order valence-electron chi connectivity index (χ2n) is 3.82. The normalized spacial score (nSPS) is 15.5. The van der Waals surface area contributed by atoms with E-state index in [-0.39, 0.29) is 5.92 Å². The van der Waals surface area contributed by atoms with Crippen molar-refractivity contribution >= 4 is 5.78 Å². The maximum absolute atomic E-state index is 9.58. The second-order valence-corrected chi connectivity index (χ2v) is 3.82. The fourth-order valence-corrected chi connectivity index (χ4v) is 1.53. The largest absolute Gasteiger partial charge is 0.393 e. The predicted octanol–water partition coefficient (Wildman–Crippen LogP) is 0.917. The van der Waals surface area contributed by atoms with Gasteiger partial charge in [0, 0.05) is 11.6 Å². The second kappa shape index (κ2) is 3.58. The van der Waals surface area contributed by atoms with Gasteiger partial charge in [-0.3, -0.25) is 0 Å². The van der Waals surface area contributed by atoms with Crippen LogP contribution in [0.15, 0.2) is 12.4 Å². The van der Waals surface area contributed by atoms with Gasteiger partial charge in [-0.25, -0.2) is 9.50 Å². The molecule has 0 amide bonds. The van der Waals surface area contributed by atoms with E-state index in [9.17, 15) is 5.11 Å². The number of hydrogen-bond donors (Lipinski definition) is 1. The van der Waals surface area contributed by atoms with Gasteiger partial charge in [-0.1, -0.05) is 6.92 Å². The van der Waals surface area contributed by atoms with Crippen LogP contribution in [0.1, 0.15) is 31.2 Å². The quantitative estimate of drug-likeness (QED) is 0.793. The molecule has 1 N–H and O–H groups in total. The van der Waals surface area contributed by atoms with E-state index in [2.05, 4.69) is 15.1 Å². The number of nitrogens with zero attached hydrogens (tertiary/aromatic N) is 4. The summed E-state index contributed by atoms with van der Waals surface area (Å²) in [6.07, 6.45) is 1.05. The first kappa shape index (κ1) is 10.0. The molecule has 2 heterocycles. The summed E-state index contributed by atoms with van der Waals surface area (Å²) in [4.78, 5) is 8.29. The predicted molar refractivity (Wildman–Crippen MR) is 55.6 cm³/mol. The third kappa shape index (κ3) is 1.70. The van der Waals surface area contributed by atoms with Crippen molar-refractivity contribution in [2.24, 2.45) is 0 Å². The first-order valence-electron chi connectivity index (χ1n) is 4.95. The molecule has 80 valence electrons. The number of rotatable bonds is 2. The Balaban J connectivity index is 2.62. The van der Waals surface area contributed by atoms with Gasteiger partial charge >= 0.3 is 0 Å². The SMILES string of the molecule is Cc1cc(C(C)C(C)O)n2ncnc2n1. The summed E-state index contributed by atoms with van der Waals surface area (Å²) in [5.74, 6) is 0.591. The summed E-state index contributed by atoms with van der Waals surface area (Å²) in [6, 6.07) is 1.93. The Hall–Kier alpha value is -1.49. The highest BCUT2D eigenvalue weighted by Gasteiger charge is 2.16. The van der Waals surface area contributed by atoms with Crippen LogP contribution in [0.3, 0.4) is 0 Å². The molecule has 0 aromatic carbocycles. The molecule has 0 radical (unpaired) electrons. The Morgan fingerprint density at radius 3 is 2.80 bits per heavy atom. The number of fused-ring (bicyclic) bond motifs is 1. The van der Waals surface area contributed by atoms with E-state index >= 15 is 0 Å². The third-order valence-electron chi connectivity index (χ3n) is 2.60. The van der Waals surface area contributed by atoms with Gasteiger partial charge in [-0.2, -0.15) is 10.1 Å². The summed E-state index contributed by atoms with van der Waals surface area (Å²) in [5.41, 5.74) is 1.82. The Bertz CT molecular complexity index is 477. The number of aromatic nitrogens is 4. The van der Waals surface area contributed by atoms with Gasteiger partial charge in [0.15, 0.2) is 0 Å². The smallest absolute Gasteiger partial charge is 0.252 e. The van der Waals surface area contributed by atoms with Gasteiger partial charge in [-0.05, 0) is 19.9 Å². The molecule has 0 saturated carbocycles. The van der Waals surface area contributed by atoms with Crippen LogP contribution in [0.2, 0.25) is 0 Å². The zero-order chi connectivity index (χ0) is 11.0. The number of aliphatic hydroxyl groups excluding tert-OH is 1. The molecule has 0 fully saturated rings. The van der Waals surface area contributed by atoms with Gasteiger partial charge in [0.1, 0.15) is 6.33 Å². The molecule has 0 aliphatic carbocycles. The Kier molecular flexibility index (Phi) is 2.40. The molecule has 0 bridgehead atoms. The van der Waals surface area contributed by atoms with Crippen LogP contribution in [0.5, 0.6) is 0 Å². The van der Waals surface area contributed by atoms with Crippen molar-refractivity contribution in [3.05, 3.63) is 23.8 Å². The van der Waals surface area contributed by atoms with Crippen molar-refractivity contribution in [3.63, 3.8) is 0 Å². The Morgan fingerprint density at radius 1 is 1.40 bits per heavy atom. The highest BCUT2D eigenvalue weighted by Crippen LogP contribution is 2.19. The zero-order valence-electron chi connectivity index (χ0n) is 9.05. The summed E-state index contributed by atoms with van der Waals surface area (Å²) in [6.45, 7) is 5.64. The molecule has 5 heteroatoms. The number of aryl methyl sites for hydroxylation is 1. The van der Waals surface area contributed by atoms with Gasteiger partial charge < -0.3 is 5.11 Å². The molecular formula is C10H14N4O. The molecule has 2 aromatic heterocycles. The first-order chi connectivity index (χ1) is 7.09. The highest BCUT2D eigenvalue weighted by molar-refractivity contribution is 5.31. The van der Waals surface area contributed by atoms with E-state index in [1.165, 1.54) is 6.33 Å². The monoisotopic (exact) mass is 206 g/mol. The Labute approximate surface area is 87.8 Å². The standard InChI is InChI=1S/C10H14N4O/c1-6-4-9(7(2)8(3)15)14-10(13-6)11-5-12-14/h4-5,7-8,15H,1-3H3. The fourth-order valence-electron chi connectivity index (χ4n) is 1.53. The van der Waals surface area contributed by atoms with Crippen LogP contribution in [0.25, 0.3) is 5.78 Å². The molecule has 2 rings (SSSR count). The lowest BCUT2D eigenvalue weighted by Crippen LogP contribution is -2.16. The average Bonchev–Trinajstić information content (AvgIpc) is 2.62. The van der Waals surface area contributed by atoms with Gasteiger partial charge in [0.05, 0.1) is 11.8 Å². The lowest BCUT2D eigenvalue weighted by Gasteiger charge is -2.15. The minimum atomic E-state index is -0.417. The fraction of sp³-hybridized carbons (Fsp3) is 0.500. The summed E-state index contributed by atoms with van der Waals surface area (Å²) in [5, 5.41) is 13.7. The van der Waals surface area contributed by atoms with Crippen molar-refractivity contribution in [1.82, 2.24) is 19.6 Å². The van der Waals surface area contributed by atoms with Gasteiger partial charge in [-0.15, -0.1) is 0 Å². The number of hydrogen-bond acceptors (Lipinski definition) is 4. The molecule has 2 aromatic rings. The molecule has 5 nitrogen and oxygen atoms in total. The topological polar surface area (TPSA) is 63.3 Å². The van der Waals surface area contributed by atoms with Crippen molar-refractivity contribution in [2.45, 2.75) is 32.8 Å². The minimum absolute atomic E-state index is 0.0101. The molecular weight excluding hydrogens is 192 g/mol. The van der Waals surface area contributed by atoms with Crippen LogP contribution in [0, 0.1) is 6.92 Å². The van der Waals surface area contributed by atoms with E-state index in [1.54, 1.807) is 11.4 Å². The van der Waals surface area contributed by atoms with Crippen molar-refractivity contribution in [2.75, 3.05) is 0 Å². The average molecular weight is 206 g/mol. The zero-order valence-corrected chi connectivity index (χ0v) is 9.05. The van der Waals surface area contributed by atoms with E-state index in [1.807, 2.05) is 19.9 Å². The Morgan fingerprint density at radius 2 is 2.13 bits per heavy atom. The van der Waals surface area contributed by atoms with Crippen molar-refractivity contribution in [1.29, 1.82) is 0 Å². The highest BCUT2D eigenvalue weighted by atomic mass is 16.3. The van der Waals surface area contributed by atoms with Gasteiger partial charge in [0.2, 0.25) is 0 Å². The van der Waals surface area contributed by atoms with E-state index in [0.717, 1.165) is 11.4 Å². The summed E-state index contributed by atoms with van der Waals surface area (Å²) >= 11 is 0. The number of aliphatic hydroxyl groups is 1. The van der Waals surface area contributed by atoms with Gasteiger partial charge in [0.25, 0.3) is 5.78 Å².